The lowest BCUT2D eigenvalue weighted by Gasteiger charge is -2.18. The predicted molar refractivity (Wildman–Crippen MR) is 83.5 cm³/mol. The highest BCUT2D eigenvalue weighted by Gasteiger charge is 2.17. The van der Waals surface area contributed by atoms with Crippen molar-refractivity contribution in [2.75, 3.05) is 13.1 Å². The van der Waals surface area contributed by atoms with Crippen LogP contribution >= 0.6 is 0 Å². The summed E-state index contributed by atoms with van der Waals surface area (Å²) in [5, 5.41) is 1.17. The number of amides is 1. The van der Waals surface area contributed by atoms with Crippen molar-refractivity contribution in [3.63, 3.8) is 0 Å². The lowest BCUT2D eigenvalue weighted by molar-refractivity contribution is 0.0755. The number of carbonyl (C=O) groups excluding carboxylic acids is 1. The number of fused-ring (bicyclic) bond motifs is 1. The Morgan fingerprint density at radius 2 is 1.90 bits per heavy atom. The van der Waals surface area contributed by atoms with Crippen molar-refractivity contribution in [3.05, 3.63) is 71.3 Å². The van der Waals surface area contributed by atoms with E-state index in [1.807, 2.05) is 19.1 Å². The van der Waals surface area contributed by atoms with Crippen molar-refractivity contribution in [3.8, 4) is 0 Å². The molecule has 0 bridgehead atoms. The number of nitrogens with zero attached hydrogens (tertiary/aromatic N) is 1. The topological polar surface area (TPSA) is 50.5 Å². The first-order chi connectivity index (χ1) is 10.1. The van der Waals surface area contributed by atoms with Crippen molar-refractivity contribution in [2.24, 2.45) is 0 Å². The van der Waals surface area contributed by atoms with Crippen LogP contribution in [0, 0.1) is 6.92 Å². The van der Waals surface area contributed by atoms with Gasteiger partial charge in [-0.15, -0.1) is 13.2 Å². The van der Waals surface area contributed by atoms with Gasteiger partial charge in [0.25, 0.3) is 5.91 Å². The average Bonchev–Trinajstić information content (AvgIpc) is 2.47. The van der Waals surface area contributed by atoms with Crippen LogP contribution in [0.2, 0.25) is 0 Å². The zero-order valence-corrected chi connectivity index (χ0v) is 12.0. The molecule has 4 heteroatoms. The fraction of sp³-hybridized carbons (Fsp3) is 0.176. The molecule has 21 heavy (non-hydrogen) atoms. The maximum Gasteiger partial charge on any atom is 0.344 e. The monoisotopic (exact) mass is 283 g/mol. The Kier molecular flexibility index (Phi) is 4.38. The minimum absolute atomic E-state index is 0.0278. The Morgan fingerprint density at radius 1 is 1.24 bits per heavy atom. The third-order valence-corrected chi connectivity index (χ3v) is 3.11. The highest BCUT2D eigenvalue weighted by molar-refractivity contribution is 5.95. The van der Waals surface area contributed by atoms with E-state index in [0.29, 0.717) is 23.9 Å². The van der Waals surface area contributed by atoms with Crippen LogP contribution in [0.15, 0.2) is 58.8 Å². The van der Waals surface area contributed by atoms with Crippen LogP contribution in [0.25, 0.3) is 10.8 Å². The van der Waals surface area contributed by atoms with Crippen LogP contribution in [-0.4, -0.2) is 23.9 Å². The smallest absolute Gasteiger partial charge is 0.344 e. The molecular formula is C17H17NO3. The summed E-state index contributed by atoms with van der Waals surface area (Å²) in [6, 6.07) is 7.04. The second kappa shape index (κ2) is 6.22. The van der Waals surface area contributed by atoms with Gasteiger partial charge in [-0.2, -0.15) is 0 Å². The summed E-state index contributed by atoms with van der Waals surface area (Å²) < 4.78 is 5.17. The minimum Gasteiger partial charge on any atom is -0.417 e. The van der Waals surface area contributed by atoms with Gasteiger partial charge in [0.05, 0.1) is 5.39 Å². The maximum atomic E-state index is 12.4. The summed E-state index contributed by atoms with van der Waals surface area (Å²) in [5.41, 5.74) is 0.463. The number of hydrogen-bond donors (Lipinski definition) is 0. The highest BCUT2D eigenvalue weighted by atomic mass is 16.4. The SMILES string of the molecule is C=CCN(CC=C)C(=O)c1cc2ccc(C)cc2c(=O)o1. The van der Waals surface area contributed by atoms with E-state index >= 15 is 0 Å². The number of aryl methyl sites for hydroxylation is 1. The maximum absolute atomic E-state index is 12.4. The van der Waals surface area contributed by atoms with Gasteiger partial charge in [0.1, 0.15) is 0 Å². The van der Waals surface area contributed by atoms with Crippen LogP contribution in [-0.2, 0) is 0 Å². The van der Waals surface area contributed by atoms with Gasteiger partial charge in [0.2, 0.25) is 0 Å². The lowest BCUT2D eigenvalue weighted by atomic mass is 10.1. The van der Waals surface area contributed by atoms with Crippen LogP contribution in [0.3, 0.4) is 0 Å². The molecule has 0 unspecified atom stereocenters. The molecule has 4 nitrogen and oxygen atoms in total. The molecular weight excluding hydrogens is 266 g/mol. The third kappa shape index (κ3) is 3.11. The molecule has 0 saturated heterocycles. The van der Waals surface area contributed by atoms with Crippen LogP contribution < -0.4 is 5.63 Å². The Morgan fingerprint density at radius 3 is 2.52 bits per heavy atom. The van der Waals surface area contributed by atoms with Crippen molar-refractivity contribution < 1.29 is 9.21 Å². The molecule has 0 atom stereocenters. The van der Waals surface area contributed by atoms with E-state index in [0.717, 1.165) is 5.56 Å². The first kappa shape index (κ1) is 14.8. The second-order valence-electron chi connectivity index (χ2n) is 4.78. The van der Waals surface area contributed by atoms with Gasteiger partial charge in [0, 0.05) is 13.1 Å². The van der Waals surface area contributed by atoms with Gasteiger partial charge < -0.3 is 9.32 Å². The van der Waals surface area contributed by atoms with Gasteiger partial charge in [-0.05, 0) is 24.4 Å². The van der Waals surface area contributed by atoms with E-state index in [-0.39, 0.29) is 11.7 Å². The average molecular weight is 283 g/mol. The van der Waals surface area contributed by atoms with E-state index in [2.05, 4.69) is 13.2 Å². The zero-order valence-electron chi connectivity index (χ0n) is 12.0. The Labute approximate surface area is 123 Å². The highest BCUT2D eigenvalue weighted by Crippen LogP contribution is 2.15. The molecule has 108 valence electrons. The van der Waals surface area contributed by atoms with Crippen molar-refractivity contribution in [1.82, 2.24) is 4.90 Å². The molecule has 0 fully saturated rings. The first-order valence-corrected chi connectivity index (χ1v) is 6.62. The Bertz CT molecular complexity index is 748. The van der Waals surface area contributed by atoms with Crippen LogP contribution in [0.4, 0.5) is 0 Å². The summed E-state index contributed by atoms with van der Waals surface area (Å²) in [4.78, 5) is 25.9. The van der Waals surface area contributed by atoms with E-state index in [1.165, 1.54) is 4.90 Å². The molecule has 0 spiro atoms. The molecule has 0 aliphatic rings. The molecule has 1 aromatic carbocycles. The Balaban J connectivity index is 2.48. The molecule has 1 aromatic heterocycles. The molecule has 0 radical (unpaired) electrons. The van der Waals surface area contributed by atoms with Crippen molar-refractivity contribution >= 4 is 16.7 Å². The standard InChI is InChI=1S/C17H17NO3/c1-4-8-18(9-5-2)16(19)15-11-13-7-6-12(3)10-14(13)17(20)21-15/h4-7,10-11H,1-2,8-9H2,3H3. The molecule has 0 aliphatic carbocycles. The van der Waals surface area contributed by atoms with E-state index in [4.69, 9.17) is 4.42 Å². The van der Waals surface area contributed by atoms with Crippen LogP contribution in [0.5, 0.6) is 0 Å². The normalized spacial score (nSPS) is 10.3. The summed E-state index contributed by atoms with van der Waals surface area (Å²) in [7, 11) is 0. The van der Waals surface area contributed by atoms with Crippen molar-refractivity contribution in [1.29, 1.82) is 0 Å². The fourth-order valence-corrected chi connectivity index (χ4v) is 2.11. The van der Waals surface area contributed by atoms with E-state index < -0.39 is 5.63 Å². The molecule has 1 heterocycles. The molecule has 0 aliphatic heterocycles. The second-order valence-corrected chi connectivity index (χ2v) is 4.78. The predicted octanol–water partition coefficient (Wildman–Crippen LogP) is 2.92. The first-order valence-electron chi connectivity index (χ1n) is 6.62. The molecule has 1 amide bonds. The lowest BCUT2D eigenvalue weighted by Crippen LogP contribution is -2.31. The summed E-state index contributed by atoms with van der Waals surface area (Å²) in [5.74, 6) is -0.325. The van der Waals surface area contributed by atoms with Crippen molar-refractivity contribution in [2.45, 2.75) is 6.92 Å². The number of benzene rings is 1. The fourth-order valence-electron chi connectivity index (χ4n) is 2.11. The van der Waals surface area contributed by atoms with Gasteiger partial charge >= 0.3 is 5.63 Å². The number of carbonyl (C=O) groups is 1. The number of rotatable bonds is 5. The summed E-state index contributed by atoms with van der Waals surface area (Å²) >= 11 is 0. The molecule has 0 N–H and O–H groups in total. The van der Waals surface area contributed by atoms with Gasteiger partial charge in [-0.25, -0.2) is 4.79 Å². The number of hydrogen-bond acceptors (Lipinski definition) is 3. The summed E-state index contributed by atoms with van der Waals surface area (Å²) in [6.45, 7) is 9.85. The minimum atomic E-state index is -0.503. The third-order valence-electron chi connectivity index (χ3n) is 3.11. The van der Waals surface area contributed by atoms with Gasteiger partial charge in [-0.3, -0.25) is 4.79 Å². The molecule has 2 aromatic rings. The van der Waals surface area contributed by atoms with Gasteiger partial charge in [0.15, 0.2) is 5.76 Å². The molecule has 0 saturated carbocycles. The quantitative estimate of drug-likeness (QED) is 0.793. The largest absolute Gasteiger partial charge is 0.417 e. The van der Waals surface area contributed by atoms with Crippen LogP contribution in [0.1, 0.15) is 16.1 Å². The molecule has 2 rings (SSSR count). The van der Waals surface area contributed by atoms with E-state index in [9.17, 15) is 9.59 Å². The zero-order chi connectivity index (χ0) is 15.4. The summed E-state index contributed by atoms with van der Waals surface area (Å²) in [6.07, 6.45) is 3.23. The Hall–Kier alpha value is -2.62. The van der Waals surface area contributed by atoms with E-state index in [1.54, 1.807) is 24.3 Å². The van der Waals surface area contributed by atoms with Gasteiger partial charge in [-0.1, -0.05) is 29.8 Å².